The second kappa shape index (κ2) is 7.32. The molecule has 0 saturated heterocycles. The molecule has 8 heteroatoms. The first-order valence-corrected chi connectivity index (χ1v) is 7.06. The van der Waals surface area contributed by atoms with Gasteiger partial charge in [-0.15, -0.1) is 0 Å². The zero-order chi connectivity index (χ0) is 17.7. The van der Waals surface area contributed by atoms with Crippen molar-refractivity contribution in [3.8, 4) is 0 Å². The van der Waals surface area contributed by atoms with Gasteiger partial charge in [0, 0.05) is 29.8 Å². The predicted molar refractivity (Wildman–Crippen MR) is 86.4 cm³/mol. The van der Waals surface area contributed by atoms with Crippen LogP contribution >= 0.6 is 0 Å². The van der Waals surface area contributed by atoms with Crippen LogP contribution in [0.3, 0.4) is 0 Å². The van der Waals surface area contributed by atoms with Gasteiger partial charge in [-0.05, 0) is 30.3 Å². The quantitative estimate of drug-likeness (QED) is 0.648. The Morgan fingerprint density at radius 1 is 1.12 bits per heavy atom. The van der Waals surface area contributed by atoms with Crippen LogP contribution in [0.5, 0.6) is 0 Å². The third-order valence-electron chi connectivity index (χ3n) is 3.16. The monoisotopic (exact) mass is 331 g/mol. The number of nitrogens with zero attached hydrogens (tertiary/aromatic N) is 1. The average Bonchev–Trinajstić information content (AvgIpc) is 2.57. The van der Waals surface area contributed by atoms with E-state index in [4.69, 9.17) is 0 Å². The number of nitro groups is 1. The SMILES string of the molecule is CCC(=O)Nc1ccc(C(=O)Nc2cc([N+](=O)[O-])ccc2F)cc1. The summed E-state index contributed by atoms with van der Waals surface area (Å²) in [6.45, 7) is 1.71. The van der Waals surface area contributed by atoms with Crippen molar-refractivity contribution in [1.29, 1.82) is 0 Å². The normalized spacial score (nSPS) is 10.1. The number of carbonyl (C=O) groups excluding carboxylic acids is 2. The molecule has 0 aliphatic carbocycles. The summed E-state index contributed by atoms with van der Waals surface area (Å²) >= 11 is 0. The van der Waals surface area contributed by atoms with Crippen LogP contribution in [0, 0.1) is 15.9 Å². The highest BCUT2D eigenvalue weighted by Gasteiger charge is 2.14. The fourth-order valence-corrected chi connectivity index (χ4v) is 1.87. The molecule has 0 aromatic heterocycles. The third kappa shape index (κ3) is 4.13. The third-order valence-corrected chi connectivity index (χ3v) is 3.16. The molecule has 2 aromatic rings. The van der Waals surface area contributed by atoms with Gasteiger partial charge in [0.25, 0.3) is 11.6 Å². The Kier molecular flexibility index (Phi) is 5.20. The fourth-order valence-electron chi connectivity index (χ4n) is 1.87. The molecule has 0 aliphatic rings. The van der Waals surface area contributed by atoms with Crippen molar-refractivity contribution < 1.29 is 18.9 Å². The van der Waals surface area contributed by atoms with Crippen LogP contribution in [0.4, 0.5) is 21.5 Å². The van der Waals surface area contributed by atoms with Gasteiger partial charge < -0.3 is 10.6 Å². The molecule has 124 valence electrons. The van der Waals surface area contributed by atoms with E-state index in [2.05, 4.69) is 10.6 Å². The lowest BCUT2D eigenvalue weighted by molar-refractivity contribution is -0.384. The van der Waals surface area contributed by atoms with Crippen molar-refractivity contribution in [2.75, 3.05) is 10.6 Å². The van der Waals surface area contributed by atoms with Crippen molar-refractivity contribution in [2.24, 2.45) is 0 Å². The Balaban J connectivity index is 2.14. The largest absolute Gasteiger partial charge is 0.326 e. The molecule has 24 heavy (non-hydrogen) atoms. The molecule has 0 unspecified atom stereocenters. The smallest absolute Gasteiger partial charge is 0.271 e. The van der Waals surface area contributed by atoms with Gasteiger partial charge in [-0.2, -0.15) is 0 Å². The maximum Gasteiger partial charge on any atom is 0.271 e. The standard InChI is InChI=1S/C16H14FN3O4/c1-2-15(21)18-11-5-3-10(4-6-11)16(22)19-14-9-12(20(23)24)7-8-13(14)17/h3-9H,2H2,1H3,(H,18,21)(H,19,22). The molecule has 0 fully saturated rings. The van der Waals surface area contributed by atoms with Crippen LogP contribution in [-0.2, 0) is 4.79 Å². The van der Waals surface area contributed by atoms with Gasteiger partial charge in [0.05, 0.1) is 10.6 Å². The van der Waals surface area contributed by atoms with Crippen molar-refractivity contribution in [1.82, 2.24) is 0 Å². The minimum absolute atomic E-state index is 0.161. The molecule has 2 N–H and O–H groups in total. The summed E-state index contributed by atoms with van der Waals surface area (Å²) in [5, 5.41) is 15.6. The Morgan fingerprint density at radius 3 is 2.38 bits per heavy atom. The number of halogens is 1. The molecular formula is C16H14FN3O4. The van der Waals surface area contributed by atoms with Crippen molar-refractivity contribution in [2.45, 2.75) is 13.3 Å². The summed E-state index contributed by atoms with van der Waals surface area (Å²) in [4.78, 5) is 33.4. The topological polar surface area (TPSA) is 101 Å². The van der Waals surface area contributed by atoms with E-state index in [0.717, 1.165) is 18.2 Å². The van der Waals surface area contributed by atoms with Gasteiger partial charge in [-0.3, -0.25) is 19.7 Å². The zero-order valence-corrected chi connectivity index (χ0v) is 12.7. The molecule has 0 bridgehead atoms. The zero-order valence-electron chi connectivity index (χ0n) is 12.7. The molecule has 0 radical (unpaired) electrons. The van der Waals surface area contributed by atoms with E-state index in [1.54, 1.807) is 6.92 Å². The van der Waals surface area contributed by atoms with E-state index < -0.39 is 16.6 Å². The van der Waals surface area contributed by atoms with E-state index in [1.807, 2.05) is 0 Å². The van der Waals surface area contributed by atoms with Crippen LogP contribution in [0.2, 0.25) is 0 Å². The van der Waals surface area contributed by atoms with Crippen LogP contribution in [0.15, 0.2) is 42.5 Å². The Morgan fingerprint density at radius 2 is 1.79 bits per heavy atom. The highest BCUT2D eigenvalue weighted by atomic mass is 19.1. The number of amides is 2. The molecular weight excluding hydrogens is 317 g/mol. The molecule has 2 rings (SSSR count). The molecule has 2 aromatic carbocycles. The second-order valence-electron chi connectivity index (χ2n) is 4.85. The highest BCUT2D eigenvalue weighted by Crippen LogP contribution is 2.22. The molecule has 0 spiro atoms. The Hall–Kier alpha value is -3.29. The van der Waals surface area contributed by atoms with Crippen LogP contribution in [-0.4, -0.2) is 16.7 Å². The summed E-state index contributed by atoms with van der Waals surface area (Å²) in [5.41, 5.74) is 0.136. The van der Waals surface area contributed by atoms with Crippen LogP contribution in [0.25, 0.3) is 0 Å². The van der Waals surface area contributed by atoms with Gasteiger partial charge in [0.2, 0.25) is 5.91 Å². The van der Waals surface area contributed by atoms with E-state index in [9.17, 15) is 24.1 Å². The van der Waals surface area contributed by atoms with Crippen molar-refractivity contribution >= 4 is 28.9 Å². The lowest BCUT2D eigenvalue weighted by Crippen LogP contribution is -2.14. The number of hydrogen-bond acceptors (Lipinski definition) is 4. The Bertz CT molecular complexity index is 790. The summed E-state index contributed by atoms with van der Waals surface area (Å²) in [6, 6.07) is 8.85. The first-order valence-electron chi connectivity index (χ1n) is 7.06. The molecule has 0 atom stereocenters. The van der Waals surface area contributed by atoms with Crippen molar-refractivity contribution in [3.63, 3.8) is 0 Å². The maximum atomic E-state index is 13.7. The summed E-state index contributed by atoms with van der Waals surface area (Å²) < 4.78 is 13.7. The molecule has 0 aliphatic heterocycles. The summed E-state index contributed by atoms with van der Waals surface area (Å²) in [5.74, 6) is -1.56. The van der Waals surface area contributed by atoms with E-state index >= 15 is 0 Å². The van der Waals surface area contributed by atoms with Gasteiger partial charge >= 0.3 is 0 Å². The van der Waals surface area contributed by atoms with Gasteiger partial charge in [-0.25, -0.2) is 4.39 Å². The van der Waals surface area contributed by atoms with Gasteiger partial charge in [-0.1, -0.05) is 6.92 Å². The van der Waals surface area contributed by atoms with E-state index in [-0.39, 0.29) is 22.8 Å². The highest BCUT2D eigenvalue weighted by molar-refractivity contribution is 6.04. The number of anilines is 2. The Labute approximate surface area is 136 Å². The summed E-state index contributed by atoms with van der Waals surface area (Å²) in [7, 11) is 0. The maximum absolute atomic E-state index is 13.7. The van der Waals surface area contributed by atoms with Gasteiger partial charge in [0.1, 0.15) is 5.82 Å². The number of non-ortho nitro benzene ring substituents is 1. The van der Waals surface area contributed by atoms with E-state index in [1.165, 1.54) is 24.3 Å². The predicted octanol–water partition coefficient (Wildman–Crippen LogP) is 3.33. The number of rotatable bonds is 5. The minimum atomic E-state index is -0.777. The minimum Gasteiger partial charge on any atom is -0.326 e. The average molecular weight is 331 g/mol. The van der Waals surface area contributed by atoms with Crippen LogP contribution in [0.1, 0.15) is 23.7 Å². The molecule has 0 saturated carbocycles. The number of nitro benzene ring substituents is 1. The summed E-state index contributed by atoms with van der Waals surface area (Å²) in [6.07, 6.45) is 0.328. The molecule has 0 heterocycles. The first kappa shape index (κ1) is 17.1. The number of benzene rings is 2. The van der Waals surface area contributed by atoms with E-state index in [0.29, 0.717) is 12.1 Å². The first-order chi connectivity index (χ1) is 11.4. The van der Waals surface area contributed by atoms with Crippen molar-refractivity contribution in [3.05, 3.63) is 64.0 Å². The lowest BCUT2D eigenvalue weighted by Gasteiger charge is -2.08. The molecule has 7 nitrogen and oxygen atoms in total. The van der Waals surface area contributed by atoms with Crippen LogP contribution < -0.4 is 10.6 Å². The molecule has 2 amide bonds. The lowest BCUT2D eigenvalue weighted by atomic mass is 10.2. The van der Waals surface area contributed by atoms with Gasteiger partial charge in [0.15, 0.2) is 0 Å². The number of nitrogens with one attached hydrogen (secondary N) is 2. The second-order valence-corrected chi connectivity index (χ2v) is 4.85. The number of carbonyl (C=O) groups is 2. The fraction of sp³-hybridized carbons (Fsp3) is 0.125. The number of hydrogen-bond donors (Lipinski definition) is 2.